The second kappa shape index (κ2) is 24.6. The summed E-state index contributed by atoms with van der Waals surface area (Å²) in [5.41, 5.74) is 3.38. The lowest BCUT2D eigenvalue weighted by atomic mass is 10.1. The van der Waals surface area contributed by atoms with Gasteiger partial charge in [-0.05, 0) is 88.1 Å². The number of hydrogen-bond donors (Lipinski definition) is 4. The molecule has 0 heterocycles. The van der Waals surface area contributed by atoms with Gasteiger partial charge in [-0.2, -0.15) is 5.09 Å². The number of aliphatic hydroxyl groups excluding tert-OH is 1. The molecule has 3 aromatic carbocycles. The Hall–Kier alpha value is -5.05. The maximum Gasteiger partial charge on any atom is 0.459 e. The number of amides is 1. The Balaban J connectivity index is 1.68. The van der Waals surface area contributed by atoms with Gasteiger partial charge < -0.3 is 48.2 Å². The minimum absolute atomic E-state index is 0.0956. The van der Waals surface area contributed by atoms with E-state index in [4.69, 9.17) is 48.8 Å². The summed E-state index contributed by atoms with van der Waals surface area (Å²) in [5.74, 6) is -0.458. The normalized spacial score (nSPS) is 13.9. The highest BCUT2D eigenvalue weighted by Gasteiger charge is 2.33. The molecule has 3 unspecified atom stereocenters. The third kappa shape index (κ3) is 16.3. The van der Waals surface area contributed by atoms with E-state index in [1.165, 1.54) is 83.9 Å². The standard InChI is InChI=1S/C41H55N3O15P2S/c1-9-60(48,56-23-21-45)44-33-16-14-32(15-17-33)40(46)42-20-11-10-12-22-57-61(49,43-30(4)41(47)58-29(2)3)59-39-25-31(13-18-36(39)53-6)28-62(50,51)24-19-35-37(54-7)26-34(52-5)27-38(35)55-8/h1,13-19,24-27,29-30,45H,10-12,20-23,28H2,2-8H3,(H,42,46)(H,43,49)(H,44,48)/b24-19+. The van der Waals surface area contributed by atoms with Gasteiger partial charge in [0, 0.05) is 41.0 Å². The smallest absolute Gasteiger partial charge is 0.459 e. The van der Waals surface area contributed by atoms with Crippen LogP contribution >= 0.6 is 15.3 Å². The maximum absolute atomic E-state index is 14.3. The summed E-state index contributed by atoms with van der Waals surface area (Å²) in [6, 6.07) is 12.4. The molecule has 0 aliphatic carbocycles. The lowest BCUT2D eigenvalue weighted by Gasteiger charge is -2.24. The minimum atomic E-state index is -4.38. The molecule has 0 aliphatic heterocycles. The van der Waals surface area contributed by atoms with E-state index in [1.54, 1.807) is 26.0 Å². The fourth-order valence-electron chi connectivity index (χ4n) is 5.40. The molecule has 18 nitrogen and oxygen atoms in total. The van der Waals surface area contributed by atoms with Crippen LogP contribution in [0, 0.1) is 12.1 Å². The molecule has 4 N–H and O–H groups in total. The first-order chi connectivity index (χ1) is 29.4. The van der Waals surface area contributed by atoms with Gasteiger partial charge in [0.1, 0.15) is 23.3 Å². The van der Waals surface area contributed by atoms with Crippen molar-refractivity contribution < 1.29 is 69.5 Å². The average Bonchev–Trinajstić information content (AvgIpc) is 3.24. The number of carbonyl (C=O) groups excluding carboxylic acids is 2. The number of carbonyl (C=O) groups is 2. The number of rotatable bonds is 27. The van der Waals surface area contributed by atoms with Gasteiger partial charge in [-0.3, -0.25) is 18.7 Å². The molecule has 21 heteroatoms. The van der Waals surface area contributed by atoms with E-state index in [1.807, 2.05) is 0 Å². The van der Waals surface area contributed by atoms with Gasteiger partial charge in [-0.25, -0.2) is 13.0 Å². The molecule has 0 aliphatic rings. The van der Waals surface area contributed by atoms with Crippen molar-refractivity contribution in [2.45, 2.75) is 57.9 Å². The van der Waals surface area contributed by atoms with Crippen molar-refractivity contribution in [2.75, 3.05) is 59.9 Å². The van der Waals surface area contributed by atoms with Crippen LogP contribution in [0.3, 0.4) is 0 Å². The minimum Gasteiger partial charge on any atom is -0.496 e. The number of hydrogen-bond acceptors (Lipinski definition) is 15. The monoisotopic (exact) mass is 923 g/mol. The van der Waals surface area contributed by atoms with Gasteiger partial charge in [0.15, 0.2) is 21.3 Å². The number of aliphatic hydroxyl groups is 1. The van der Waals surface area contributed by atoms with E-state index in [0.29, 0.717) is 59.9 Å². The molecule has 0 bridgehead atoms. The summed E-state index contributed by atoms with van der Waals surface area (Å²) in [7, 11) is -6.28. The van der Waals surface area contributed by atoms with Gasteiger partial charge in [0.05, 0.1) is 65.7 Å². The fourth-order valence-corrected chi connectivity index (χ4v) is 9.05. The number of terminal acetylenes is 1. The Labute approximate surface area is 363 Å². The van der Waals surface area contributed by atoms with E-state index in [0.717, 1.165) is 5.41 Å². The molecule has 0 saturated carbocycles. The van der Waals surface area contributed by atoms with Gasteiger partial charge in [-0.15, -0.1) is 6.42 Å². The Bertz CT molecular complexity index is 2220. The predicted octanol–water partition coefficient (Wildman–Crippen LogP) is 6.54. The van der Waals surface area contributed by atoms with Gasteiger partial charge in [0.25, 0.3) is 5.91 Å². The summed E-state index contributed by atoms with van der Waals surface area (Å²) >= 11 is 0. The van der Waals surface area contributed by atoms with Gasteiger partial charge in [-0.1, -0.05) is 6.07 Å². The van der Waals surface area contributed by atoms with Crippen LogP contribution in [0.15, 0.2) is 60.0 Å². The molecule has 0 saturated heterocycles. The first-order valence-corrected chi connectivity index (χ1v) is 24.1. The third-order valence-electron chi connectivity index (χ3n) is 8.39. The molecule has 1 amide bonds. The van der Waals surface area contributed by atoms with Crippen LogP contribution in [-0.2, 0) is 43.3 Å². The molecular formula is C41H55N3O15P2S. The number of sulfone groups is 1. The SMILES string of the molecule is C#CP(=O)(Nc1ccc(C(=O)NCCCCCOP(=O)(NC(C)C(=O)OC(C)C)Oc2cc(CS(=O)(=O)/C=C/c3c(OC)cc(OC)cc3OC)ccc2OC)cc1)OCCO. The molecule has 62 heavy (non-hydrogen) atoms. The first-order valence-electron chi connectivity index (χ1n) is 19.2. The van der Waals surface area contributed by atoms with Crippen LogP contribution in [0.1, 0.15) is 61.5 Å². The number of anilines is 1. The zero-order valence-electron chi connectivity index (χ0n) is 35.7. The van der Waals surface area contributed by atoms with Crippen LogP contribution in [-0.4, -0.2) is 92.4 Å². The zero-order valence-corrected chi connectivity index (χ0v) is 38.3. The Morgan fingerprint density at radius 1 is 0.839 bits per heavy atom. The van der Waals surface area contributed by atoms with Crippen LogP contribution in [0.5, 0.6) is 28.7 Å². The van der Waals surface area contributed by atoms with Crippen molar-refractivity contribution in [3.8, 4) is 40.8 Å². The van der Waals surface area contributed by atoms with E-state index >= 15 is 0 Å². The summed E-state index contributed by atoms with van der Waals surface area (Å²) in [4.78, 5) is 25.4. The molecule has 0 fully saturated rings. The van der Waals surface area contributed by atoms with Crippen LogP contribution in [0.4, 0.5) is 5.69 Å². The quantitative estimate of drug-likeness (QED) is 0.0275. The maximum atomic E-state index is 14.3. The van der Waals surface area contributed by atoms with Crippen molar-refractivity contribution in [2.24, 2.45) is 0 Å². The van der Waals surface area contributed by atoms with Crippen molar-refractivity contribution >= 4 is 48.7 Å². The molecule has 0 radical (unpaired) electrons. The number of benzene rings is 3. The number of unbranched alkanes of at least 4 members (excludes halogenated alkanes) is 2. The van der Waals surface area contributed by atoms with Crippen LogP contribution in [0.25, 0.3) is 6.08 Å². The van der Waals surface area contributed by atoms with Crippen molar-refractivity contribution in [1.29, 1.82) is 0 Å². The van der Waals surface area contributed by atoms with E-state index < -0.39 is 49.0 Å². The van der Waals surface area contributed by atoms with Crippen molar-refractivity contribution in [1.82, 2.24) is 10.4 Å². The lowest BCUT2D eigenvalue weighted by Crippen LogP contribution is -2.36. The van der Waals surface area contributed by atoms with Crippen LogP contribution < -0.4 is 39.0 Å². The predicted molar refractivity (Wildman–Crippen MR) is 234 cm³/mol. The van der Waals surface area contributed by atoms with Gasteiger partial charge in [0.2, 0.25) is 0 Å². The second-order valence-electron chi connectivity index (χ2n) is 13.5. The second-order valence-corrected chi connectivity index (χ2v) is 19.0. The topological polar surface area (TPSA) is 233 Å². The lowest BCUT2D eigenvalue weighted by molar-refractivity contribution is -0.149. The van der Waals surface area contributed by atoms with E-state index in [2.05, 4.69) is 21.2 Å². The number of ether oxygens (including phenoxy) is 5. The Morgan fingerprint density at radius 3 is 2.08 bits per heavy atom. The zero-order chi connectivity index (χ0) is 45.9. The van der Waals surface area contributed by atoms with Crippen molar-refractivity contribution in [3.63, 3.8) is 0 Å². The summed E-state index contributed by atoms with van der Waals surface area (Å²) in [6.07, 6.45) is 7.63. The van der Waals surface area contributed by atoms with E-state index in [9.17, 15) is 27.1 Å². The van der Waals surface area contributed by atoms with E-state index in [-0.39, 0.29) is 42.8 Å². The summed E-state index contributed by atoms with van der Waals surface area (Å²) in [6.45, 7) is 4.40. The molecule has 3 rings (SSSR count). The fraction of sp³-hybridized carbons (Fsp3) is 0.415. The highest BCUT2D eigenvalue weighted by molar-refractivity contribution is 7.93. The summed E-state index contributed by atoms with van der Waals surface area (Å²) in [5, 5.41) is 18.0. The molecule has 3 atom stereocenters. The average molecular weight is 924 g/mol. The molecular weight excluding hydrogens is 868 g/mol. The number of nitrogens with one attached hydrogen (secondary N) is 3. The van der Waals surface area contributed by atoms with Crippen molar-refractivity contribution in [3.05, 3.63) is 76.7 Å². The first kappa shape index (κ1) is 51.3. The highest BCUT2D eigenvalue weighted by Crippen LogP contribution is 2.48. The summed E-state index contributed by atoms with van der Waals surface area (Å²) < 4.78 is 97.0. The third-order valence-corrected chi connectivity index (χ3v) is 12.8. The molecule has 340 valence electrons. The highest BCUT2D eigenvalue weighted by atomic mass is 32.2. The molecule has 3 aromatic rings. The Morgan fingerprint density at radius 2 is 1.50 bits per heavy atom. The number of methoxy groups -OCH3 is 4. The molecule has 0 spiro atoms. The molecule has 0 aromatic heterocycles. The van der Waals surface area contributed by atoms with Gasteiger partial charge >= 0.3 is 21.2 Å². The van der Waals surface area contributed by atoms with Crippen LogP contribution in [0.2, 0.25) is 0 Å². The largest absolute Gasteiger partial charge is 0.496 e. The number of esters is 1. The Kier molecular flexibility index (Phi) is 20.3.